The van der Waals surface area contributed by atoms with E-state index in [1.165, 1.54) is 23.7 Å². The third-order valence-corrected chi connectivity index (χ3v) is 7.27. The summed E-state index contributed by atoms with van der Waals surface area (Å²) in [5.74, 6) is 1.45. The van der Waals surface area contributed by atoms with Gasteiger partial charge in [0, 0.05) is 12.1 Å². The minimum atomic E-state index is 0.196. The van der Waals surface area contributed by atoms with Crippen LogP contribution in [-0.4, -0.2) is 43.4 Å². The average molecular weight is 427 g/mol. The van der Waals surface area contributed by atoms with Crippen molar-refractivity contribution in [2.45, 2.75) is 56.9 Å². The summed E-state index contributed by atoms with van der Waals surface area (Å²) in [6, 6.07) is 15.0. The Morgan fingerprint density at radius 1 is 1.10 bits per heavy atom. The van der Waals surface area contributed by atoms with E-state index in [0.717, 1.165) is 28.7 Å². The highest BCUT2D eigenvalue weighted by molar-refractivity contribution is 7.99. The van der Waals surface area contributed by atoms with Crippen LogP contribution in [0.5, 0.6) is 0 Å². The predicted molar refractivity (Wildman–Crippen MR) is 119 cm³/mol. The van der Waals surface area contributed by atoms with Crippen molar-refractivity contribution in [2.24, 2.45) is 0 Å². The topological polar surface area (TPSA) is 51.0 Å². The van der Waals surface area contributed by atoms with Gasteiger partial charge in [0.15, 0.2) is 11.0 Å². The first kappa shape index (κ1) is 20.2. The summed E-state index contributed by atoms with van der Waals surface area (Å²) in [4.78, 5) is 16.1. The number of thioether (sulfide) groups is 1. The van der Waals surface area contributed by atoms with Crippen LogP contribution in [0.3, 0.4) is 0 Å². The molecule has 4 rings (SSSR count). The maximum atomic E-state index is 12.9. The number of aromatic nitrogens is 3. The van der Waals surface area contributed by atoms with Gasteiger partial charge in [0.05, 0.1) is 17.2 Å². The third-order valence-electron chi connectivity index (χ3n) is 5.45. The lowest BCUT2D eigenvalue weighted by molar-refractivity contribution is -0.134. The minimum absolute atomic E-state index is 0.196. The molecule has 2 atom stereocenters. The van der Waals surface area contributed by atoms with Gasteiger partial charge < -0.3 is 4.90 Å². The van der Waals surface area contributed by atoms with E-state index >= 15 is 0 Å². The summed E-state index contributed by atoms with van der Waals surface area (Å²) < 4.78 is 2.13. The number of rotatable bonds is 6. The molecule has 1 fully saturated rings. The van der Waals surface area contributed by atoms with Gasteiger partial charge in [0.1, 0.15) is 0 Å². The number of carbonyl (C=O) groups excluding carboxylic acids is 1. The van der Waals surface area contributed by atoms with Crippen LogP contribution in [0.4, 0.5) is 0 Å². The van der Waals surface area contributed by atoms with Crippen LogP contribution in [0.15, 0.2) is 53.0 Å². The lowest BCUT2D eigenvalue weighted by Crippen LogP contribution is -2.48. The largest absolute Gasteiger partial charge is 0.337 e. The summed E-state index contributed by atoms with van der Waals surface area (Å²) in [7, 11) is 0. The smallest absolute Gasteiger partial charge is 0.233 e. The number of hydrogen-bond donors (Lipinski definition) is 0. The van der Waals surface area contributed by atoms with Gasteiger partial charge in [-0.2, -0.15) is 0 Å². The molecule has 152 valence electrons. The fraction of sp³-hybridized carbons (Fsp3) is 0.409. The number of amides is 1. The van der Waals surface area contributed by atoms with Crippen molar-refractivity contribution in [3.63, 3.8) is 0 Å². The van der Waals surface area contributed by atoms with Crippen molar-refractivity contribution >= 4 is 29.0 Å². The van der Waals surface area contributed by atoms with Crippen LogP contribution >= 0.6 is 23.1 Å². The van der Waals surface area contributed by atoms with E-state index in [4.69, 9.17) is 0 Å². The number of benzene rings is 1. The van der Waals surface area contributed by atoms with Gasteiger partial charge in [0.2, 0.25) is 5.91 Å². The number of nitrogens with zero attached hydrogens (tertiary/aromatic N) is 4. The van der Waals surface area contributed by atoms with Crippen LogP contribution in [0.25, 0.3) is 10.7 Å². The van der Waals surface area contributed by atoms with Crippen molar-refractivity contribution in [2.75, 3.05) is 5.75 Å². The molecule has 1 amide bonds. The van der Waals surface area contributed by atoms with E-state index in [1.807, 2.05) is 29.6 Å². The number of likely N-dealkylation sites (tertiary alicyclic amines) is 1. The molecule has 3 heterocycles. The van der Waals surface area contributed by atoms with Gasteiger partial charge in [0.25, 0.3) is 0 Å². The zero-order chi connectivity index (χ0) is 20.2. The number of thiophene rings is 1. The zero-order valence-electron chi connectivity index (χ0n) is 16.8. The molecule has 0 bridgehead atoms. The van der Waals surface area contributed by atoms with E-state index in [9.17, 15) is 4.79 Å². The lowest BCUT2D eigenvalue weighted by atomic mass is 9.98. The van der Waals surface area contributed by atoms with Crippen molar-refractivity contribution in [3.05, 3.63) is 53.4 Å². The zero-order valence-corrected chi connectivity index (χ0v) is 18.5. The lowest BCUT2D eigenvalue weighted by Gasteiger charge is -2.39. The first-order chi connectivity index (χ1) is 14.1. The van der Waals surface area contributed by atoms with Crippen LogP contribution in [0.1, 0.15) is 38.7 Å². The molecule has 7 heteroatoms. The minimum Gasteiger partial charge on any atom is -0.337 e. The third kappa shape index (κ3) is 4.56. The molecule has 1 aromatic carbocycles. The fourth-order valence-corrected chi connectivity index (χ4v) is 5.53. The van der Waals surface area contributed by atoms with E-state index in [0.29, 0.717) is 24.4 Å². The summed E-state index contributed by atoms with van der Waals surface area (Å²) >= 11 is 3.15. The van der Waals surface area contributed by atoms with Gasteiger partial charge in [-0.15, -0.1) is 21.5 Å². The first-order valence-electron chi connectivity index (χ1n) is 10.1. The first-order valence-corrected chi connectivity index (χ1v) is 11.9. The van der Waals surface area contributed by atoms with E-state index in [-0.39, 0.29) is 5.91 Å². The molecule has 0 radical (unpaired) electrons. The summed E-state index contributed by atoms with van der Waals surface area (Å²) in [5.41, 5.74) is 1.19. The van der Waals surface area contributed by atoms with Crippen LogP contribution in [0, 0.1) is 0 Å². The molecular weight excluding hydrogens is 400 g/mol. The molecular formula is C22H26N4OS2. The molecule has 1 saturated heterocycles. The Morgan fingerprint density at radius 2 is 1.86 bits per heavy atom. The van der Waals surface area contributed by atoms with Gasteiger partial charge in [-0.1, -0.05) is 48.2 Å². The Labute approximate surface area is 180 Å². The highest BCUT2D eigenvalue weighted by Crippen LogP contribution is 2.29. The molecule has 2 aromatic heterocycles. The normalized spacial score (nSPS) is 19.4. The molecule has 5 nitrogen and oxygen atoms in total. The van der Waals surface area contributed by atoms with Crippen LogP contribution < -0.4 is 0 Å². The van der Waals surface area contributed by atoms with E-state index < -0.39 is 0 Å². The number of carbonyl (C=O) groups is 1. The highest BCUT2D eigenvalue weighted by Gasteiger charge is 2.29. The Balaban J connectivity index is 1.54. The Hall–Kier alpha value is -2.12. The van der Waals surface area contributed by atoms with Crippen molar-refractivity contribution in [1.29, 1.82) is 0 Å². The second-order valence-corrected chi connectivity index (χ2v) is 9.46. The summed E-state index contributed by atoms with van der Waals surface area (Å²) in [6.07, 6.45) is 3.38. The van der Waals surface area contributed by atoms with Crippen LogP contribution in [-0.2, 0) is 11.3 Å². The molecule has 0 spiro atoms. The van der Waals surface area contributed by atoms with Gasteiger partial charge >= 0.3 is 0 Å². The van der Waals surface area contributed by atoms with Crippen molar-refractivity contribution < 1.29 is 4.79 Å². The fourth-order valence-electron chi connectivity index (χ4n) is 4.01. The maximum Gasteiger partial charge on any atom is 0.233 e. The number of hydrogen-bond acceptors (Lipinski definition) is 5. The quantitative estimate of drug-likeness (QED) is 0.524. The Morgan fingerprint density at radius 3 is 2.55 bits per heavy atom. The standard InChI is InChI=1S/C22H26N4OS2/c1-16-8-6-9-17(2)26(16)20(27)15-29-22-24-23-21(19-12-7-13-28-19)25(22)14-18-10-4-3-5-11-18/h3-5,7,10-13,16-17H,6,8-9,14-15H2,1-2H3. The van der Waals surface area contributed by atoms with Crippen LogP contribution in [0.2, 0.25) is 0 Å². The molecule has 1 aliphatic rings. The molecule has 29 heavy (non-hydrogen) atoms. The van der Waals surface area contributed by atoms with Gasteiger partial charge in [-0.25, -0.2) is 0 Å². The monoisotopic (exact) mass is 426 g/mol. The maximum absolute atomic E-state index is 12.9. The van der Waals surface area contributed by atoms with Crippen molar-refractivity contribution in [1.82, 2.24) is 19.7 Å². The predicted octanol–water partition coefficient (Wildman–Crippen LogP) is 4.94. The second-order valence-electron chi connectivity index (χ2n) is 7.57. The second kappa shape index (κ2) is 9.13. The summed E-state index contributed by atoms with van der Waals surface area (Å²) in [6.45, 7) is 5.00. The SMILES string of the molecule is CC1CCCC(C)N1C(=O)CSc1nnc(-c2cccs2)n1Cc1ccccc1. The summed E-state index contributed by atoms with van der Waals surface area (Å²) in [5, 5.41) is 11.7. The molecule has 0 saturated carbocycles. The Bertz CT molecular complexity index is 929. The van der Waals surface area contributed by atoms with Gasteiger partial charge in [-0.3, -0.25) is 9.36 Å². The molecule has 0 N–H and O–H groups in total. The molecule has 3 aromatic rings. The van der Waals surface area contributed by atoms with E-state index in [2.05, 4.69) is 51.7 Å². The van der Waals surface area contributed by atoms with E-state index in [1.54, 1.807) is 11.3 Å². The average Bonchev–Trinajstić information content (AvgIpc) is 3.37. The highest BCUT2D eigenvalue weighted by atomic mass is 32.2. The van der Waals surface area contributed by atoms with Crippen molar-refractivity contribution in [3.8, 4) is 10.7 Å². The Kier molecular flexibility index (Phi) is 6.35. The molecule has 0 aliphatic carbocycles. The molecule has 2 unspecified atom stereocenters. The van der Waals surface area contributed by atoms with Gasteiger partial charge in [-0.05, 0) is 50.1 Å². The molecule has 1 aliphatic heterocycles. The number of piperidine rings is 1.